The van der Waals surface area contributed by atoms with Crippen LogP contribution in [-0.4, -0.2) is 0 Å². The third-order valence-corrected chi connectivity index (χ3v) is 1.35. The van der Waals surface area contributed by atoms with Crippen molar-refractivity contribution in [2.45, 2.75) is 0 Å². The van der Waals surface area contributed by atoms with Gasteiger partial charge >= 0.3 is 0 Å². The Bertz CT molecular complexity index is 81.8. The summed E-state index contributed by atoms with van der Waals surface area (Å²) in [6.45, 7) is 0. The smallest absolute Gasteiger partial charge is 0.146 e. The molecule has 0 unspecified atom stereocenters. The van der Waals surface area contributed by atoms with Crippen LogP contribution in [0, 0.1) is 0 Å². The summed E-state index contributed by atoms with van der Waals surface area (Å²) < 4.78 is 12.7. The predicted octanol–water partition coefficient (Wildman–Crippen LogP) is 1.31. The summed E-state index contributed by atoms with van der Waals surface area (Å²) in [7, 11) is 1.22. The van der Waals surface area contributed by atoms with Gasteiger partial charge in [0.05, 0.1) is 15.1 Å². The van der Waals surface area contributed by atoms with Gasteiger partial charge in [-0.25, -0.2) is 5.83 Å². The molecular formula is H2N2P2S. The van der Waals surface area contributed by atoms with E-state index in [0.29, 0.717) is 15.1 Å². The van der Waals surface area contributed by atoms with Crippen molar-refractivity contribution in [1.29, 1.82) is 0 Å². The van der Waals surface area contributed by atoms with Gasteiger partial charge in [-0.2, -0.15) is 4.85 Å². The maximum absolute atomic E-state index is 6.36. The predicted molar refractivity (Wildman–Crippen MR) is 27.8 cm³/mol. The van der Waals surface area contributed by atoms with E-state index in [9.17, 15) is 0 Å². The molecule has 0 saturated carbocycles. The van der Waals surface area contributed by atoms with Crippen LogP contribution in [0.25, 0.3) is 0 Å². The molecule has 0 spiro atoms. The first-order chi connectivity index (χ1) is 3.27. The number of hydrogen-bond acceptors (Lipinski definition) is 2. The van der Waals surface area contributed by atoms with Gasteiger partial charge in [-0.1, -0.05) is 0 Å². The van der Waals surface area contributed by atoms with Crippen LogP contribution in [0.4, 0.5) is 0 Å². The molecule has 0 atom stereocenters. The Kier molecular flexibility index (Phi) is 2.48. The highest BCUT2D eigenvalue weighted by atomic mass is 32.6. The van der Waals surface area contributed by atoms with Crippen molar-refractivity contribution < 1.29 is 2.82 Å². The molecule has 5 heavy (non-hydrogen) atoms. The second-order valence-corrected chi connectivity index (χ2v) is 3.28. The first-order valence-corrected chi connectivity index (χ1v) is 4.24. The third kappa shape index (κ3) is 4.58. The summed E-state index contributed by atoms with van der Waals surface area (Å²) in [5.74, 6) is 0.251. The summed E-state index contributed by atoms with van der Waals surface area (Å²) >= 11 is 4.44. The van der Waals surface area contributed by atoms with E-state index in [1.54, 1.807) is 0 Å². The Hall–Kier alpha value is 0.580. The SMILES string of the molecule is [3H]N([3H])N=PP=S. The molecule has 2 nitrogen and oxygen atoms in total. The fourth-order valence-corrected chi connectivity index (χ4v) is 0.441. The summed E-state index contributed by atoms with van der Waals surface area (Å²) in [6.07, 6.45) is 0. The normalized spacial score (nSPS) is 17.0. The number of nitrogens with zero attached hydrogens (tertiary/aromatic N) is 1. The average Bonchev–Trinajstić information content (AvgIpc) is 1.61. The van der Waals surface area contributed by atoms with Gasteiger partial charge < -0.3 is 0 Å². The molecule has 0 aromatic carbocycles. The summed E-state index contributed by atoms with van der Waals surface area (Å²) in [4.78, 5) is 3.27. The average molecular weight is 128 g/mol. The highest BCUT2D eigenvalue weighted by Crippen LogP contribution is 2.13. The van der Waals surface area contributed by atoms with E-state index in [2.05, 4.69) is 16.7 Å². The van der Waals surface area contributed by atoms with Gasteiger partial charge in [0.25, 0.3) is 0 Å². The van der Waals surface area contributed by atoms with E-state index < -0.39 is 0 Å². The molecule has 2 N–H and O–H groups in total. The highest BCUT2D eigenvalue weighted by molar-refractivity contribution is 8.27. The summed E-state index contributed by atoms with van der Waals surface area (Å²) in [6, 6.07) is 0. The highest BCUT2D eigenvalue weighted by Gasteiger charge is 1.48. The van der Waals surface area contributed by atoms with Gasteiger partial charge in [0, 0.05) is 0 Å². The van der Waals surface area contributed by atoms with Crippen LogP contribution in [0.5, 0.6) is 0 Å². The van der Waals surface area contributed by atoms with Crippen molar-refractivity contribution in [1.82, 2.24) is 0 Å². The lowest BCUT2D eigenvalue weighted by molar-refractivity contribution is 1.30. The topological polar surface area (TPSA) is 38.4 Å². The fourth-order valence-electron chi connectivity index (χ4n) is 0.0163. The first kappa shape index (κ1) is 2.70. The minimum Gasteiger partial charge on any atom is -0.223 e. The molecule has 5 heteroatoms. The van der Waals surface area contributed by atoms with E-state index in [4.69, 9.17) is 2.82 Å². The van der Waals surface area contributed by atoms with Gasteiger partial charge in [0.15, 0.2) is 0 Å². The monoisotopic (exact) mass is 128 g/mol. The molecule has 0 heterocycles. The standard InChI is InChI=1S/H2N2P2S/c1-2-3-4-5/h1H2/i/hT2. The molecule has 0 aliphatic rings. The third-order valence-electron chi connectivity index (χ3n) is 0.0765. The molecule has 0 fully saturated rings. The fraction of sp³-hybridized carbons (Fsp3) is 0. The second-order valence-electron chi connectivity index (χ2n) is 0.261. The van der Waals surface area contributed by atoms with Crippen LogP contribution in [0.3, 0.4) is 0 Å². The van der Waals surface area contributed by atoms with E-state index in [-0.39, 0.29) is 5.83 Å². The molecule has 0 radical (unpaired) electrons. The van der Waals surface area contributed by atoms with Crippen LogP contribution in [-0.2, 0) is 11.8 Å². The number of hydrogen-bond donors (Lipinski definition) is 1. The number of nitrogens with two attached hydrogens (primary N) is 1. The van der Waals surface area contributed by atoms with Crippen molar-refractivity contribution in [3.05, 3.63) is 0 Å². The van der Waals surface area contributed by atoms with Gasteiger partial charge in [0.1, 0.15) is 2.82 Å². The van der Waals surface area contributed by atoms with Crippen LogP contribution < -0.4 is 5.83 Å². The Morgan fingerprint density at radius 2 is 3.00 bits per heavy atom. The molecule has 0 aromatic heterocycles. The van der Waals surface area contributed by atoms with Crippen LogP contribution in [0.15, 0.2) is 4.85 Å². The Morgan fingerprint density at radius 3 is 3.20 bits per heavy atom. The molecule has 0 rings (SSSR count). The summed E-state index contributed by atoms with van der Waals surface area (Å²) in [5.41, 5.74) is 0. The van der Waals surface area contributed by atoms with Crippen LogP contribution in [0.2, 0.25) is 2.82 Å². The molecule has 0 saturated heterocycles. The van der Waals surface area contributed by atoms with Gasteiger partial charge in [0.2, 0.25) is 0 Å². The van der Waals surface area contributed by atoms with Crippen molar-refractivity contribution in [3.63, 3.8) is 0 Å². The molecule has 0 aliphatic carbocycles. The van der Waals surface area contributed by atoms with Crippen molar-refractivity contribution in [2.24, 2.45) is 10.7 Å². The van der Waals surface area contributed by atoms with E-state index in [1.165, 1.54) is 0 Å². The van der Waals surface area contributed by atoms with E-state index in [0.717, 1.165) is 0 Å². The lowest BCUT2D eigenvalue weighted by atomic mass is 13.0. The maximum Gasteiger partial charge on any atom is 0.146 e. The van der Waals surface area contributed by atoms with Crippen molar-refractivity contribution in [3.8, 4) is 0 Å². The molecular weight excluding hydrogens is 122 g/mol. The lowest BCUT2D eigenvalue weighted by Gasteiger charge is -1.54. The first-order valence-electron chi connectivity index (χ1n) is 1.68. The maximum atomic E-state index is 6.36. The molecule has 0 aliphatic heterocycles. The minimum absolute atomic E-state index is 0.251. The largest absolute Gasteiger partial charge is 0.223 e. The zero-order valence-corrected chi connectivity index (χ0v) is 4.80. The Labute approximate surface area is 41.3 Å². The zero-order chi connectivity index (χ0) is 5.70. The molecule has 0 bridgehead atoms. The zero-order valence-electron chi connectivity index (χ0n) is 4.20. The molecule has 28 valence electrons. The van der Waals surface area contributed by atoms with Crippen LogP contribution >= 0.6 is 15.1 Å². The molecule has 0 amide bonds. The quantitative estimate of drug-likeness (QED) is 0.346. The van der Waals surface area contributed by atoms with Gasteiger partial charge in [-0.3, -0.25) is 0 Å². The van der Waals surface area contributed by atoms with E-state index >= 15 is 0 Å². The van der Waals surface area contributed by atoms with Gasteiger partial charge in [-0.15, -0.1) is 0 Å². The lowest BCUT2D eigenvalue weighted by Crippen LogP contribution is -1.65. The Morgan fingerprint density at radius 1 is 2.20 bits per heavy atom. The minimum atomic E-state index is 0.251. The second kappa shape index (κ2) is 4.58. The van der Waals surface area contributed by atoms with Gasteiger partial charge in [-0.05, 0) is 11.8 Å². The Balaban J connectivity index is 3.25. The summed E-state index contributed by atoms with van der Waals surface area (Å²) in [5, 5.41) is 0. The van der Waals surface area contributed by atoms with Crippen molar-refractivity contribution >= 4 is 26.9 Å². The van der Waals surface area contributed by atoms with Crippen LogP contribution in [0.1, 0.15) is 0 Å². The molecule has 0 aromatic rings. The van der Waals surface area contributed by atoms with E-state index in [1.807, 2.05) is 0 Å². The van der Waals surface area contributed by atoms with Crippen molar-refractivity contribution in [2.75, 3.05) is 0 Å². The number of rotatable bonds is 2.